The Morgan fingerprint density at radius 1 is 1.10 bits per heavy atom. The number of phenolic OH excluding ortho intramolecular Hbond substituents is 1. The van der Waals surface area contributed by atoms with E-state index >= 15 is 0 Å². The molecule has 4 N–H and O–H groups in total. The van der Waals surface area contributed by atoms with Crippen molar-refractivity contribution in [2.45, 2.75) is 71.0 Å². The second-order valence-corrected chi connectivity index (χ2v) is 12.2. The summed E-state index contributed by atoms with van der Waals surface area (Å²) in [5, 5.41) is 16.1. The maximum Gasteiger partial charge on any atom is 0.243 e. The molecule has 0 aliphatic carbocycles. The van der Waals surface area contributed by atoms with Gasteiger partial charge in [0, 0.05) is 18.6 Å². The first-order valence-electron chi connectivity index (χ1n) is 13.1. The summed E-state index contributed by atoms with van der Waals surface area (Å²) in [7, 11) is 1.59. The lowest BCUT2D eigenvalue weighted by Crippen LogP contribution is -2.55. The monoisotopic (exact) mass is 554 g/mol. The Hall–Kier alpha value is -3.30. The standard InChI is InChI=1S/C30H39FN4O3S/c1-18(2)26(35(6)29(38)23(32)16-19-7-10-21(31)11-8-19)27(37)34-24(28-33-13-14-39-28)17-20-9-12-25(36)22(15-20)30(3,4)5/h7-15,18,23-24,26,36H,16-17,32H2,1-6H3,(H,34,37)/t23-,24-,26-/m0/s1. The molecule has 0 radical (unpaired) electrons. The van der Waals surface area contributed by atoms with Gasteiger partial charge in [-0.2, -0.15) is 0 Å². The predicted octanol–water partition coefficient (Wildman–Crippen LogP) is 4.74. The van der Waals surface area contributed by atoms with Crippen LogP contribution in [0.15, 0.2) is 54.0 Å². The highest BCUT2D eigenvalue weighted by Crippen LogP contribution is 2.32. The van der Waals surface area contributed by atoms with Crippen molar-refractivity contribution >= 4 is 23.2 Å². The van der Waals surface area contributed by atoms with Crippen LogP contribution in [0.4, 0.5) is 4.39 Å². The van der Waals surface area contributed by atoms with Gasteiger partial charge in [-0.15, -0.1) is 11.3 Å². The van der Waals surface area contributed by atoms with Crippen LogP contribution < -0.4 is 11.1 Å². The molecule has 0 saturated heterocycles. The molecule has 3 rings (SSSR count). The number of hydrogen-bond donors (Lipinski definition) is 3. The third-order valence-electron chi connectivity index (χ3n) is 6.73. The summed E-state index contributed by atoms with van der Waals surface area (Å²) in [5.74, 6) is -0.977. The number of nitrogens with zero attached hydrogens (tertiary/aromatic N) is 2. The first-order chi connectivity index (χ1) is 18.3. The Balaban J connectivity index is 1.80. The van der Waals surface area contributed by atoms with Crippen LogP contribution >= 0.6 is 11.3 Å². The molecule has 0 aliphatic rings. The van der Waals surface area contributed by atoms with E-state index < -0.39 is 18.1 Å². The van der Waals surface area contributed by atoms with Crippen molar-refractivity contribution in [1.29, 1.82) is 0 Å². The number of amides is 2. The molecular formula is C30H39FN4O3S. The second kappa shape index (κ2) is 12.7. The average Bonchev–Trinajstić information content (AvgIpc) is 3.40. The number of benzene rings is 2. The molecule has 0 spiro atoms. The van der Waals surface area contributed by atoms with Crippen molar-refractivity contribution in [3.63, 3.8) is 0 Å². The summed E-state index contributed by atoms with van der Waals surface area (Å²) < 4.78 is 13.3. The molecule has 7 nitrogen and oxygen atoms in total. The molecule has 0 fully saturated rings. The summed E-state index contributed by atoms with van der Waals surface area (Å²) >= 11 is 1.44. The number of phenols is 1. The minimum absolute atomic E-state index is 0.185. The summed E-state index contributed by atoms with van der Waals surface area (Å²) in [5.41, 5.74) is 8.48. The minimum atomic E-state index is -0.878. The zero-order valence-corrected chi connectivity index (χ0v) is 24.3. The number of thiazole rings is 1. The van der Waals surface area contributed by atoms with E-state index in [1.165, 1.54) is 28.4 Å². The number of nitrogens with two attached hydrogens (primary N) is 1. The summed E-state index contributed by atoms with van der Waals surface area (Å²) in [4.78, 5) is 32.8. The summed E-state index contributed by atoms with van der Waals surface area (Å²) in [6.45, 7) is 9.87. The van der Waals surface area contributed by atoms with Crippen molar-refractivity contribution in [3.8, 4) is 5.75 Å². The topological polar surface area (TPSA) is 109 Å². The molecule has 3 atom stereocenters. The Labute approximate surface area is 234 Å². The van der Waals surface area contributed by atoms with Crippen LogP contribution in [-0.2, 0) is 27.8 Å². The fraction of sp³-hybridized carbons (Fsp3) is 0.433. The fourth-order valence-corrected chi connectivity index (χ4v) is 5.39. The lowest BCUT2D eigenvalue weighted by Gasteiger charge is -2.33. The Morgan fingerprint density at radius 2 is 1.74 bits per heavy atom. The Kier molecular flexibility index (Phi) is 9.85. The Bertz CT molecular complexity index is 1260. The van der Waals surface area contributed by atoms with E-state index in [1.54, 1.807) is 31.4 Å². The molecule has 39 heavy (non-hydrogen) atoms. The number of likely N-dealkylation sites (N-methyl/N-ethyl adjacent to an activating group) is 1. The van der Waals surface area contributed by atoms with E-state index in [9.17, 15) is 19.1 Å². The van der Waals surface area contributed by atoms with Gasteiger partial charge in [-0.25, -0.2) is 9.37 Å². The number of carbonyl (C=O) groups is 2. The van der Waals surface area contributed by atoms with Crippen LogP contribution in [0.3, 0.4) is 0 Å². The maximum atomic E-state index is 13.7. The van der Waals surface area contributed by atoms with E-state index in [-0.39, 0.29) is 41.1 Å². The van der Waals surface area contributed by atoms with Crippen LogP contribution in [0.25, 0.3) is 0 Å². The van der Waals surface area contributed by atoms with Crippen LogP contribution in [0.5, 0.6) is 5.75 Å². The lowest BCUT2D eigenvalue weighted by atomic mass is 9.85. The molecule has 9 heteroatoms. The molecule has 3 aromatic rings. The van der Waals surface area contributed by atoms with Gasteiger partial charge in [0.15, 0.2) is 0 Å². The molecule has 0 unspecified atom stereocenters. The number of nitrogens with one attached hydrogen (secondary N) is 1. The number of hydrogen-bond acceptors (Lipinski definition) is 6. The molecular weight excluding hydrogens is 515 g/mol. The third kappa shape index (κ3) is 7.86. The van der Waals surface area contributed by atoms with Crippen molar-refractivity contribution < 1.29 is 19.1 Å². The zero-order chi connectivity index (χ0) is 28.9. The van der Waals surface area contributed by atoms with Gasteiger partial charge in [0.2, 0.25) is 11.8 Å². The number of halogens is 1. The normalized spacial score (nSPS) is 14.1. The van der Waals surface area contributed by atoms with Gasteiger partial charge in [-0.1, -0.05) is 58.9 Å². The van der Waals surface area contributed by atoms with Gasteiger partial charge >= 0.3 is 0 Å². The maximum absolute atomic E-state index is 13.7. The molecule has 2 amide bonds. The predicted molar refractivity (Wildman–Crippen MR) is 153 cm³/mol. The first-order valence-corrected chi connectivity index (χ1v) is 13.9. The van der Waals surface area contributed by atoms with E-state index in [2.05, 4.69) is 10.3 Å². The van der Waals surface area contributed by atoms with E-state index in [0.29, 0.717) is 6.42 Å². The highest BCUT2D eigenvalue weighted by atomic mass is 32.1. The van der Waals surface area contributed by atoms with Crippen molar-refractivity contribution in [1.82, 2.24) is 15.2 Å². The van der Waals surface area contributed by atoms with Gasteiger partial charge in [0.1, 0.15) is 22.6 Å². The van der Waals surface area contributed by atoms with Crippen LogP contribution in [-0.4, -0.2) is 45.9 Å². The van der Waals surface area contributed by atoms with E-state index in [0.717, 1.165) is 21.7 Å². The van der Waals surface area contributed by atoms with Gasteiger partial charge in [0.25, 0.3) is 0 Å². The fourth-order valence-electron chi connectivity index (χ4n) is 4.70. The number of rotatable bonds is 10. The zero-order valence-electron chi connectivity index (χ0n) is 23.4. The first kappa shape index (κ1) is 30.2. The largest absolute Gasteiger partial charge is 0.508 e. The molecule has 2 aromatic carbocycles. The highest BCUT2D eigenvalue weighted by Gasteiger charge is 2.34. The third-order valence-corrected chi connectivity index (χ3v) is 7.62. The van der Waals surface area contributed by atoms with Gasteiger partial charge < -0.3 is 21.1 Å². The highest BCUT2D eigenvalue weighted by molar-refractivity contribution is 7.09. The number of aromatic hydroxyl groups is 1. The van der Waals surface area contributed by atoms with Crippen LogP contribution in [0, 0.1) is 11.7 Å². The van der Waals surface area contributed by atoms with Gasteiger partial charge in [0.05, 0.1) is 12.1 Å². The average molecular weight is 555 g/mol. The van der Waals surface area contributed by atoms with Gasteiger partial charge in [-0.3, -0.25) is 9.59 Å². The summed E-state index contributed by atoms with van der Waals surface area (Å²) in [6, 6.07) is 9.30. The summed E-state index contributed by atoms with van der Waals surface area (Å²) in [6.07, 6.45) is 2.39. The minimum Gasteiger partial charge on any atom is -0.508 e. The molecule has 0 saturated carbocycles. The molecule has 1 heterocycles. The SMILES string of the molecule is CC(C)[C@@H](C(=O)N[C@@H](Cc1ccc(O)c(C(C)(C)C)c1)c1nccs1)N(C)C(=O)[C@@H](N)Cc1ccc(F)cc1. The molecule has 0 bridgehead atoms. The van der Waals surface area contributed by atoms with E-state index in [4.69, 9.17) is 5.73 Å². The lowest BCUT2D eigenvalue weighted by molar-refractivity contribution is -0.141. The Morgan fingerprint density at radius 3 is 2.31 bits per heavy atom. The second-order valence-electron chi connectivity index (χ2n) is 11.3. The van der Waals surface area contributed by atoms with Crippen molar-refractivity contribution in [3.05, 3.63) is 81.6 Å². The van der Waals surface area contributed by atoms with Gasteiger partial charge in [-0.05, 0) is 59.1 Å². The molecule has 1 aromatic heterocycles. The quantitative estimate of drug-likeness (QED) is 0.336. The number of aromatic nitrogens is 1. The molecule has 210 valence electrons. The number of carbonyl (C=O) groups excluding carboxylic acids is 2. The van der Waals surface area contributed by atoms with Crippen molar-refractivity contribution in [2.24, 2.45) is 11.7 Å². The smallest absolute Gasteiger partial charge is 0.243 e. The van der Waals surface area contributed by atoms with Crippen molar-refractivity contribution in [2.75, 3.05) is 7.05 Å². The van der Waals surface area contributed by atoms with Crippen LogP contribution in [0.2, 0.25) is 0 Å². The van der Waals surface area contributed by atoms with E-state index in [1.807, 2.05) is 52.1 Å². The molecule has 0 aliphatic heterocycles. The van der Waals surface area contributed by atoms with Crippen LogP contribution in [0.1, 0.15) is 62.4 Å².